The van der Waals surface area contributed by atoms with Crippen molar-refractivity contribution in [3.63, 3.8) is 0 Å². The van der Waals surface area contributed by atoms with Gasteiger partial charge in [-0.05, 0) is 37.3 Å². The van der Waals surface area contributed by atoms with Crippen molar-refractivity contribution in [2.24, 2.45) is 0 Å². The van der Waals surface area contributed by atoms with Gasteiger partial charge in [-0.15, -0.1) is 10.2 Å². The Morgan fingerprint density at radius 2 is 2.20 bits per heavy atom. The number of nitrogens with zero attached hydrogens (tertiary/aromatic N) is 2. The quantitative estimate of drug-likeness (QED) is 0.644. The fourth-order valence-corrected chi connectivity index (χ4v) is 2.89. The molecule has 7 nitrogen and oxygen atoms in total. The average Bonchev–Trinajstić information content (AvgIpc) is 3.26. The van der Waals surface area contributed by atoms with E-state index >= 15 is 0 Å². The van der Waals surface area contributed by atoms with Gasteiger partial charge < -0.3 is 18.9 Å². The maximum Gasteiger partial charge on any atom is 0.284 e. The molecule has 0 unspecified atom stereocenters. The van der Waals surface area contributed by atoms with Gasteiger partial charge >= 0.3 is 0 Å². The van der Waals surface area contributed by atoms with Gasteiger partial charge in [0, 0.05) is 5.69 Å². The number of ether oxygens (including phenoxy) is 1. The molecule has 0 aliphatic heterocycles. The predicted molar refractivity (Wildman–Crippen MR) is 94.0 cm³/mol. The lowest BCUT2D eigenvalue weighted by atomic mass is 10.3. The van der Waals surface area contributed by atoms with E-state index in [4.69, 9.17) is 25.2 Å². The van der Waals surface area contributed by atoms with E-state index in [9.17, 15) is 4.79 Å². The van der Waals surface area contributed by atoms with Crippen LogP contribution in [-0.4, -0.2) is 28.5 Å². The summed E-state index contributed by atoms with van der Waals surface area (Å²) in [7, 11) is 1.53. The molecule has 1 atom stereocenters. The van der Waals surface area contributed by atoms with Crippen LogP contribution in [0, 0.1) is 0 Å². The molecule has 3 aromatic rings. The zero-order valence-corrected chi connectivity index (χ0v) is 14.9. The molecule has 130 valence electrons. The minimum Gasteiger partial charge on any atom is -0.495 e. The van der Waals surface area contributed by atoms with E-state index in [-0.39, 0.29) is 17.0 Å². The standard InChI is InChI=1S/C16H14ClN3O4S/c1-9(14(21)18-10-5-6-12(22-2)11(17)8-10)25-16-20-19-15(24-16)13-4-3-7-23-13/h3-9H,1-2H3,(H,18,21)/t9-/m1/s1. The third kappa shape index (κ3) is 4.15. The largest absolute Gasteiger partial charge is 0.495 e. The Morgan fingerprint density at radius 1 is 1.36 bits per heavy atom. The SMILES string of the molecule is COc1ccc(NC(=O)[C@@H](C)Sc2nnc(-c3ccco3)o2)cc1Cl. The van der Waals surface area contributed by atoms with Gasteiger partial charge in [-0.3, -0.25) is 4.79 Å². The summed E-state index contributed by atoms with van der Waals surface area (Å²) in [6.07, 6.45) is 1.52. The van der Waals surface area contributed by atoms with Crippen molar-refractivity contribution in [3.8, 4) is 17.4 Å². The van der Waals surface area contributed by atoms with Gasteiger partial charge in [-0.2, -0.15) is 0 Å². The fraction of sp³-hybridized carbons (Fsp3) is 0.188. The lowest BCUT2D eigenvalue weighted by molar-refractivity contribution is -0.115. The van der Waals surface area contributed by atoms with E-state index < -0.39 is 5.25 Å². The molecule has 1 amide bonds. The van der Waals surface area contributed by atoms with Gasteiger partial charge in [-0.1, -0.05) is 23.4 Å². The van der Waals surface area contributed by atoms with Crippen LogP contribution in [0.5, 0.6) is 5.75 Å². The molecular formula is C16H14ClN3O4S. The Labute approximate surface area is 152 Å². The predicted octanol–water partition coefficient (Wildman–Crippen LogP) is 4.11. The highest BCUT2D eigenvalue weighted by Gasteiger charge is 2.20. The Balaban J connectivity index is 1.62. The van der Waals surface area contributed by atoms with E-state index in [0.717, 1.165) is 11.8 Å². The Hall–Kier alpha value is -2.45. The number of aromatic nitrogens is 2. The van der Waals surface area contributed by atoms with Crippen LogP contribution in [-0.2, 0) is 4.79 Å². The number of methoxy groups -OCH3 is 1. The second kappa shape index (κ2) is 7.62. The van der Waals surface area contributed by atoms with Crippen LogP contribution >= 0.6 is 23.4 Å². The number of anilines is 1. The smallest absolute Gasteiger partial charge is 0.284 e. The molecule has 0 saturated heterocycles. The zero-order chi connectivity index (χ0) is 17.8. The summed E-state index contributed by atoms with van der Waals surface area (Å²) < 4.78 is 15.7. The molecule has 0 radical (unpaired) electrons. The summed E-state index contributed by atoms with van der Waals surface area (Å²) >= 11 is 7.20. The Kier molecular flexibility index (Phi) is 5.30. The Bertz CT molecular complexity index is 866. The fourth-order valence-electron chi connectivity index (χ4n) is 1.95. The normalized spacial score (nSPS) is 12.0. The average molecular weight is 380 g/mol. The molecule has 9 heteroatoms. The van der Waals surface area contributed by atoms with E-state index in [1.807, 2.05) is 0 Å². The van der Waals surface area contributed by atoms with Crippen molar-refractivity contribution in [3.05, 3.63) is 41.6 Å². The summed E-state index contributed by atoms with van der Waals surface area (Å²) in [5, 5.41) is 10.8. The minimum absolute atomic E-state index is 0.219. The molecule has 0 spiro atoms. The highest BCUT2D eigenvalue weighted by molar-refractivity contribution is 8.00. The molecule has 0 aliphatic rings. The molecule has 0 aliphatic carbocycles. The number of nitrogens with one attached hydrogen (secondary N) is 1. The monoisotopic (exact) mass is 379 g/mol. The summed E-state index contributed by atoms with van der Waals surface area (Å²) in [6.45, 7) is 1.74. The first kappa shape index (κ1) is 17.4. The second-order valence-corrected chi connectivity index (χ2v) is 6.65. The number of carbonyl (C=O) groups excluding carboxylic acids is 1. The van der Waals surface area contributed by atoms with Gasteiger partial charge in [0.05, 0.1) is 23.6 Å². The van der Waals surface area contributed by atoms with Crippen LogP contribution < -0.4 is 10.1 Å². The highest BCUT2D eigenvalue weighted by Crippen LogP contribution is 2.29. The number of carbonyl (C=O) groups is 1. The highest BCUT2D eigenvalue weighted by atomic mass is 35.5. The van der Waals surface area contributed by atoms with Crippen molar-refractivity contribution >= 4 is 35.0 Å². The maximum absolute atomic E-state index is 12.3. The van der Waals surface area contributed by atoms with E-state index in [1.165, 1.54) is 13.4 Å². The third-order valence-electron chi connectivity index (χ3n) is 3.20. The van der Waals surface area contributed by atoms with Crippen molar-refractivity contribution in [2.75, 3.05) is 12.4 Å². The third-order valence-corrected chi connectivity index (χ3v) is 4.43. The molecule has 2 aromatic heterocycles. The molecular weight excluding hydrogens is 366 g/mol. The zero-order valence-electron chi connectivity index (χ0n) is 13.4. The molecule has 25 heavy (non-hydrogen) atoms. The molecule has 0 saturated carbocycles. The van der Waals surface area contributed by atoms with Gasteiger partial charge in [0.2, 0.25) is 5.91 Å². The van der Waals surface area contributed by atoms with Crippen LogP contribution in [0.1, 0.15) is 6.92 Å². The lowest BCUT2D eigenvalue weighted by Crippen LogP contribution is -2.22. The van der Waals surface area contributed by atoms with Gasteiger partial charge in [0.1, 0.15) is 5.75 Å². The van der Waals surface area contributed by atoms with Crippen LogP contribution in [0.4, 0.5) is 5.69 Å². The van der Waals surface area contributed by atoms with Crippen molar-refractivity contribution in [2.45, 2.75) is 17.4 Å². The van der Waals surface area contributed by atoms with Gasteiger partial charge in [-0.25, -0.2) is 0 Å². The first-order valence-corrected chi connectivity index (χ1v) is 8.51. The van der Waals surface area contributed by atoms with E-state index in [0.29, 0.717) is 22.2 Å². The molecule has 1 N–H and O–H groups in total. The van der Waals surface area contributed by atoms with Crippen molar-refractivity contribution in [1.82, 2.24) is 10.2 Å². The van der Waals surface area contributed by atoms with Gasteiger partial charge in [0.25, 0.3) is 11.1 Å². The second-order valence-electron chi connectivity index (χ2n) is 4.95. The number of halogens is 1. The van der Waals surface area contributed by atoms with E-state index in [2.05, 4.69) is 15.5 Å². The summed E-state index contributed by atoms with van der Waals surface area (Å²) in [6, 6.07) is 8.45. The lowest BCUT2D eigenvalue weighted by Gasteiger charge is -2.11. The summed E-state index contributed by atoms with van der Waals surface area (Å²) in [5.74, 6) is 1.06. The number of hydrogen-bond acceptors (Lipinski definition) is 7. The number of furan rings is 1. The molecule has 2 heterocycles. The molecule has 1 aromatic carbocycles. The van der Waals surface area contributed by atoms with Crippen LogP contribution in [0.3, 0.4) is 0 Å². The molecule has 3 rings (SSSR count). The number of amides is 1. The van der Waals surface area contributed by atoms with Crippen LogP contribution in [0.2, 0.25) is 5.02 Å². The van der Waals surface area contributed by atoms with Crippen molar-refractivity contribution < 1.29 is 18.4 Å². The Morgan fingerprint density at radius 3 is 2.88 bits per heavy atom. The molecule has 0 bridgehead atoms. The molecule has 0 fully saturated rings. The van der Waals surface area contributed by atoms with Crippen molar-refractivity contribution in [1.29, 1.82) is 0 Å². The van der Waals surface area contributed by atoms with Crippen LogP contribution in [0.15, 0.2) is 50.7 Å². The first-order valence-electron chi connectivity index (χ1n) is 7.25. The number of rotatable bonds is 6. The van der Waals surface area contributed by atoms with Crippen LogP contribution in [0.25, 0.3) is 11.7 Å². The van der Waals surface area contributed by atoms with E-state index in [1.54, 1.807) is 37.3 Å². The summed E-state index contributed by atoms with van der Waals surface area (Å²) in [5.41, 5.74) is 0.574. The number of hydrogen-bond donors (Lipinski definition) is 1. The minimum atomic E-state index is -0.453. The first-order chi connectivity index (χ1) is 12.1. The topological polar surface area (TPSA) is 90.4 Å². The maximum atomic E-state index is 12.3. The van der Waals surface area contributed by atoms with Gasteiger partial charge in [0.15, 0.2) is 5.76 Å². The summed E-state index contributed by atoms with van der Waals surface area (Å²) in [4.78, 5) is 12.3. The number of benzene rings is 1. The number of thioether (sulfide) groups is 1.